The summed E-state index contributed by atoms with van der Waals surface area (Å²) in [4.78, 5) is 28.4. The van der Waals surface area contributed by atoms with Crippen LogP contribution >= 0.6 is 11.6 Å². The van der Waals surface area contributed by atoms with Gasteiger partial charge < -0.3 is 9.64 Å². The third-order valence-electron chi connectivity index (χ3n) is 4.58. The zero-order valence-electron chi connectivity index (χ0n) is 15.1. The van der Waals surface area contributed by atoms with Gasteiger partial charge in [-0.1, -0.05) is 41.9 Å². The summed E-state index contributed by atoms with van der Waals surface area (Å²) in [5.74, 6) is 0.307. The van der Waals surface area contributed by atoms with E-state index < -0.39 is 0 Å². The highest BCUT2D eigenvalue weighted by atomic mass is 35.5. The van der Waals surface area contributed by atoms with Gasteiger partial charge in [-0.25, -0.2) is 5.43 Å². The molecule has 2 heterocycles. The molecule has 1 aromatic heterocycles. The SMILES string of the molecule is O=C(Cc1cccc(Cl)c1)Nn1nc(N2CCOCC2)c2ccccc2c1=O. The molecule has 0 unspecified atom stereocenters. The standard InChI is InChI=1S/C20H19ClN4O3/c21-15-5-3-4-14(12-15)13-18(26)22-25-20(27)17-7-2-1-6-16(17)19(23-25)24-8-10-28-11-9-24/h1-7,12H,8-11,13H2,(H,22,26). The van der Waals surface area contributed by atoms with E-state index in [2.05, 4.69) is 15.4 Å². The number of benzene rings is 2. The first-order valence-corrected chi connectivity index (χ1v) is 9.39. The van der Waals surface area contributed by atoms with E-state index in [1.165, 1.54) is 0 Å². The molecule has 0 spiro atoms. The van der Waals surface area contributed by atoms with Crippen LogP contribution in [0.4, 0.5) is 5.82 Å². The first kappa shape index (κ1) is 18.5. The van der Waals surface area contributed by atoms with Gasteiger partial charge in [0, 0.05) is 23.5 Å². The van der Waals surface area contributed by atoms with E-state index in [1.54, 1.807) is 36.4 Å². The number of carbonyl (C=O) groups excluding carboxylic acids is 1. The van der Waals surface area contributed by atoms with E-state index in [4.69, 9.17) is 16.3 Å². The summed E-state index contributed by atoms with van der Waals surface area (Å²) >= 11 is 5.97. The van der Waals surface area contributed by atoms with Crippen LogP contribution in [0.15, 0.2) is 53.3 Å². The lowest BCUT2D eigenvalue weighted by Gasteiger charge is -2.29. The van der Waals surface area contributed by atoms with Crippen molar-refractivity contribution in [3.8, 4) is 0 Å². The maximum atomic E-state index is 12.8. The third kappa shape index (κ3) is 3.85. The molecule has 28 heavy (non-hydrogen) atoms. The number of hydrogen-bond acceptors (Lipinski definition) is 5. The summed E-state index contributed by atoms with van der Waals surface area (Å²) in [6.07, 6.45) is 0.0917. The van der Waals surface area contributed by atoms with Crippen molar-refractivity contribution in [1.29, 1.82) is 0 Å². The molecule has 1 N–H and O–H groups in total. The molecule has 4 rings (SSSR count). The maximum absolute atomic E-state index is 12.8. The Kier molecular flexibility index (Phi) is 5.27. The van der Waals surface area contributed by atoms with E-state index >= 15 is 0 Å². The Balaban J connectivity index is 1.67. The smallest absolute Gasteiger partial charge is 0.294 e. The molecule has 0 aliphatic carbocycles. The number of carbonyl (C=O) groups is 1. The van der Waals surface area contributed by atoms with Crippen LogP contribution in [-0.2, 0) is 16.0 Å². The van der Waals surface area contributed by atoms with Crippen molar-refractivity contribution in [1.82, 2.24) is 9.89 Å². The zero-order chi connectivity index (χ0) is 19.5. The molecule has 3 aromatic rings. The lowest BCUT2D eigenvalue weighted by molar-refractivity contribution is -0.116. The number of hydrogen-bond donors (Lipinski definition) is 1. The first-order chi connectivity index (χ1) is 13.6. The van der Waals surface area contributed by atoms with Gasteiger partial charge in [0.05, 0.1) is 25.0 Å². The molecule has 1 saturated heterocycles. The zero-order valence-corrected chi connectivity index (χ0v) is 15.9. The minimum Gasteiger partial charge on any atom is -0.378 e. The number of morpholine rings is 1. The number of anilines is 1. The van der Waals surface area contributed by atoms with Gasteiger partial charge in [-0.15, -0.1) is 9.89 Å². The average molecular weight is 399 g/mol. The topological polar surface area (TPSA) is 76.5 Å². The number of rotatable bonds is 4. The van der Waals surface area contributed by atoms with Crippen molar-refractivity contribution in [3.63, 3.8) is 0 Å². The molecule has 1 amide bonds. The normalized spacial score (nSPS) is 14.2. The van der Waals surface area contributed by atoms with E-state index in [0.717, 1.165) is 15.7 Å². The second-order valence-electron chi connectivity index (χ2n) is 6.53. The van der Waals surface area contributed by atoms with E-state index in [0.29, 0.717) is 42.5 Å². The van der Waals surface area contributed by atoms with Gasteiger partial charge in [-0.2, -0.15) is 0 Å². The van der Waals surface area contributed by atoms with Crippen molar-refractivity contribution in [2.45, 2.75) is 6.42 Å². The molecule has 144 valence electrons. The Morgan fingerprint density at radius 3 is 2.61 bits per heavy atom. The summed E-state index contributed by atoms with van der Waals surface area (Å²) in [6.45, 7) is 2.53. The molecule has 1 fully saturated rings. The maximum Gasteiger partial charge on any atom is 0.294 e. The van der Waals surface area contributed by atoms with Crippen molar-refractivity contribution in [3.05, 3.63) is 69.5 Å². The molecular weight excluding hydrogens is 380 g/mol. The highest BCUT2D eigenvalue weighted by Gasteiger charge is 2.19. The second-order valence-corrected chi connectivity index (χ2v) is 6.96. The number of nitrogens with zero attached hydrogens (tertiary/aromatic N) is 3. The summed E-state index contributed by atoms with van der Waals surface area (Å²) in [7, 11) is 0. The quantitative estimate of drug-likeness (QED) is 0.729. The van der Waals surface area contributed by atoms with Gasteiger partial charge >= 0.3 is 0 Å². The fraction of sp³-hybridized carbons (Fsp3) is 0.250. The van der Waals surface area contributed by atoms with Crippen molar-refractivity contribution >= 4 is 34.1 Å². The van der Waals surface area contributed by atoms with E-state index in [1.807, 2.05) is 12.1 Å². The fourth-order valence-electron chi connectivity index (χ4n) is 3.25. The number of halogens is 1. The minimum atomic E-state index is -0.368. The van der Waals surface area contributed by atoms with Gasteiger partial charge in [-0.3, -0.25) is 9.59 Å². The van der Waals surface area contributed by atoms with Crippen LogP contribution in [0.1, 0.15) is 5.56 Å². The molecule has 0 radical (unpaired) electrons. The second kappa shape index (κ2) is 8.00. The lowest BCUT2D eigenvalue weighted by atomic mass is 10.1. The number of nitrogens with one attached hydrogen (secondary N) is 1. The Morgan fingerprint density at radius 1 is 1.11 bits per heavy atom. The third-order valence-corrected chi connectivity index (χ3v) is 4.82. The number of aromatic nitrogens is 2. The lowest BCUT2D eigenvalue weighted by Crippen LogP contribution is -2.41. The van der Waals surface area contributed by atoms with Gasteiger partial charge in [0.25, 0.3) is 5.56 Å². The number of amides is 1. The number of fused-ring (bicyclic) bond motifs is 1. The number of ether oxygens (including phenoxy) is 1. The first-order valence-electron chi connectivity index (χ1n) is 9.01. The highest BCUT2D eigenvalue weighted by Crippen LogP contribution is 2.22. The molecule has 1 aliphatic heterocycles. The van der Waals surface area contributed by atoms with Crippen LogP contribution in [0.2, 0.25) is 5.02 Å². The van der Waals surface area contributed by atoms with E-state index in [9.17, 15) is 9.59 Å². The van der Waals surface area contributed by atoms with Gasteiger partial charge in [0.1, 0.15) is 0 Å². The predicted molar refractivity (Wildman–Crippen MR) is 109 cm³/mol. The van der Waals surface area contributed by atoms with Crippen LogP contribution < -0.4 is 15.9 Å². The molecule has 7 nitrogen and oxygen atoms in total. The molecule has 0 atom stereocenters. The fourth-order valence-corrected chi connectivity index (χ4v) is 3.46. The minimum absolute atomic E-state index is 0.0917. The molecule has 0 saturated carbocycles. The average Bonchev–Trinajstić information content (AvgIpc) is 2.71. The predicted octanol–water partition coefficient (Wildman–Crippen LogP) is 2.20. The summed E-state index contributed by atoms with van der Waals surface area (Å²) < 4.78 is 5.41. The van der Waals surface area contributed by atoms with E-state index in [-0.39, 0.29) is 17.9 Å². The monoisotopic (exact) mass is 398 g/mol. The molecule has 0 bridgehead atoms. The summed E-state index contributed by atoms with van der Waals surface area (Å²) in [5.41, 5.74) is 2.99. The van der Waals surface area contributed by atoms with Gasteiger partial charge in [-0.05, 0) is 23.8 Å². The van der Waals surface area contributed by atoms with Crippen LogP contribution in [0.3, 0.4) is 0 Å². The summed E-state index contributed by atoms with van der Waals surface area (Å²) in [6, 6.07) is 14.3. The van der Waals surface area contributed by atoms with Gasteiger partial charge in [0.15, 0.2) is 5.82 Å². The van der Waals surface area contributed by atoms with Crippen LogP contribution in [-0.4, -0.2) is 42.1 Å². The Hall–Kier alpha value is -2.90. The van der Waals surface area contributed by atoms with Crippen molar-refractivity contribution < 1.29 is 9.53 Å². The Labute approximate surface area is 166 Å². The Bertz CT molecular complexity index is 1080. The molecule has 1 aliphatic rings. The van der Waals surface area contributed by atoms with Crippen LogP contribution in [0.25, 0.3) is 10.8 Å². The Morgan fingerprint density at radius 2 is 1.86 bits per heavy atom. The summed E-state index contributed by atoms with van der Waals surface area (Å²) in [5, 5.41) is 6.26. The van der Waals surface area contributed by atoms with Crippen molar-refractivity contribution in [2.24, 2.45) is 0 Å². The molecule has 2 aromatic carbocycles. The highest BCUT2D eigenvalue weighted by molar-refractivity contribution is 6.30. The van der Waals surface area contributed by atoms with Crippen LogP contribution in [0, 0.1) is 0 Å². The van der Waals surface area contributed by atoms with Gasteiger partial charge in [0.2, 0.25) is 5.91 Å². The van der Waals surface area contributed by atoms with Crippen LogP contribution in [0.5, 0.6) is 0 Å². The molecular formula is C20H19ClN4O3. The van der Waals surface area contributed by atoms with Crippen molar-refractivity contribution in [2.75, 3.05) is 36.6 Å². The largest absolute Gasteiger partial charge is 0.378 e. The molecule has 8 heteroatoms.